The number of carbonyl (C=O) groups excluding carboxylic acids is 1. The number of hydrogen-bond donors (Lipinski definition) is 1. The lowest BCUT2D eigenvalue weighted by molar-refractivity contribution is -0.155. The average molecular weight is 271 g/mol. The standard InChI is InChI=1S/C15H29NO3/c1-8-15(9-2,13(18)19)10-12(17)16(7)11(3)14(4,5)6/h11H,8-10H2,1-7H3,(H,18,19). The van der Waals surface area contributed by atoms with Gasteiger partial charge in [-0.3, -0.25) is 9.59 Å². The number of carboxylic acids is 1. The van der Waals surface area contributed by atoms with Gasteiger partial charge in [0.1, 0.15) is 0 Å². The Labute approximate surface area is 117 Å². The first kappa shape index (κ1) is 17.9. The molecule has 0 aromatic heterocycles. The first-order valence-electron chi connectivity index (χ1n) is 7.01. The molecule has 1 N–H and O–H groups in total. The molecule has 1 amide bonds. The van der Waals surface area contributed by atoms with Gasteiger partial charge in [0.2, 0.25) is 5.91 Å². The molecule has 0 fully saturated rings. The zero-order chi connectivity index (χ0) is 15.4. The SMILES string of the molecule is CCC(CC)(CC(=O)N(C)C(C)C(C)(C)C)C(=O)O. The molecule has 0 bridgehead atoms. The molecule has 0 aliphatic carbocycles. The van der Waals surface area contributed by atoms with Crippen LogP contribution in [0.1, 0.15) is 60.8 Å². The van der Waals surface area contributed by atoms with E-state index in [1.165, 1.54) is 0 Å². The second kappa shape index (κ2) is 6.40. The van der Waals surface area contributed by atoms with Crippen LogP contribution in [0.3, 0.4) is 0 Å². The molecule has 1 unspecified atom stereocenters. The Morgan fingerprint density at radius 3 is 1.84 bits per heavy atom. The molecule has 0 saturated carbocycles. The topological polar surface area (TPSA) is 57.6 Å². The first-order chi connectivity index (χ1) is 8.51. The molecule has 0 spiro atoms. The van der Waals surface area contributed by atoms with Gasteiger partial charge in [-0.25, -0.2) is 0 Å². The molecule has 0 heterocycles. The van der Waals surface area contributed by atoms with Crippen molar-refractivity contribution in [1.29, 1.82) is 0 Å². The maximum absolute atomic E-state index is 12.3. The number of amides is 1. The molecule has 0 rings (SSSR count). The van der Waals surface area contributed by atoms with Crippen molar-refractivity contribution in [3.63, 3.8) is 0 Å². The molecular formula is C15H29NO3. The molecule has 4 nitrogen and oxygen atoms in total. The predicted octanol–water partition coefficient (Wildman–Crippen LogP) is 3.16. The fourth-order valence-electron chi connectivity index (χ4n) is 2.09. The molecule has 0 aromatic rings. The molecule has 1 atom stereocenters. The predicted molar refractivity (Wildman–Crippen MR) is 77.0 cm³/mol. The van der Waals surface area contributed by atoms with Crippen LogP contribution in [0, 0.1) is 10.8 Å². The van der Waals surface area contributed by atoms with Crippen LogP contribution in [0.4, 0.5) is 0 Å². The third-order valence-electron chi connectivity index (χ3n) is 4.52. The van der Waals surface area contributed by atoms with Gasteiger partial charge in [0.15, 0.2) is 0 Å². The van der Waals surface area contributed by atoms with Crippen molar-refractivity contribution in [2.24, 2.45) is 10.8 Å². The summed E-state index contributed by atoms with van der Waals surface area (Å²) in [5.74, 6) is -0.962. The first-order valence-corrected chi connectivity index (χ1v) is 7.01. The van der Waals surface area contributed by atoms with E-state index in [-0.39, 0.29) is 23.8 Å². The summed E-state index contributed by atoms with van der Waals surface area (Å²) in [5.41, 5.74) is -0.947. The second-order valence-corrected chi connectivity index (χ2v) is 6.52. The number of aliphatic carboxylic acids is 1. The highest BCUT2D eigenvalue weighted by Crippen LogP contribution is 2.33. The normalized spacial score (nSPS) is 14.1. The third kappa shape index (κ3) is 4.22. The summed E-state index contributed by atoms with van der Waals surface area (Å²) >= 11 is 0. The number of nitrogens with zero attached hydrogens (tertiary/aromatic N) is 1. The van der Waals surface area contributed by atoms with Crippen LogP contribution in [0.25, 0.3) is 0 Å². The van der Waals surface area contributed by atoms with Gasteiger partial charge in [-0.2, -0.15) is 0 Å². The minimum absolute atomic E-state index is 0.0191. The summed E-state index contributed by atoms with van der Waals surface area (Å²) in [6.45, 7) is 11.9. The molecule has 0 saturated heterocycles. The van der Waals surface area contributed by atoms with Crippen LogP contribution >= 0.6 is 0 Å². The summed E-state index contributed by atoms with van der Waals surface area (Å²) in [7, 11) is 1.76. The monoisotopic (exact) mass is 271 g/mol. The van der Waals surface area contributed by atoms with Crippen molar-refractivity contribution in [2.75, 3.05) is 7.05 Å². The van der Waals surface area contributed by atoms with Crippen LogP contribution in [0.5, 0.6) is 0 Å². The van der Waals surface area contributed by atoms with E-state index in [1.807, 2.05) is 20.8 Å². The molecule has 4 heteroatoms. The van der Waals surface area contributed by atoms with E-state index in [0.29, 0.717) is 12.8 Å². The molecule has 0 aliphatic heterocycles. The Bertz CT molecular complexity index is 327. The van der Waals surface area contributed by atoms with Gasteiger partial charge in [-0.05, 0) is 25.2 Å². The summed E-state index contributed by atoms with van der Waals surface area (Å²) in [5, 5.41) is 9.38. The van der Waals surface area contributed by atoms with Gasteiger partial charge < -0.3 is 10.0 Å². The lowest BCUT2D eigenvalue weighted by Gasteiger charge is -2.37. The Morgan fingerprint density at radius 2 is 1.58 bits per heavy atom. The van der Waals surface area contributed by atoms with E-state index in [2.05, 4.69) is 20.8 Å². The third-order valence-corrected chi connectivity index (χ3v) is 4.52. The van der Waals surface area contributed by atoms with E-state index in [1.54, 1.807) is 11.9 Å². The van der Waals surface area contributed by atoms with E-state index in [9.17, 15) is 14.7 Å². The maximum atomic E-state index is 12.3. The van der Waals surface area contributed by atoms with Crippen LogP contribution in [-0.2, 0) is 9.59 Å². The van der Waals surface area contributed by atoms with Crippen LogP contribution < -0.4 is 0 Å². The summed E-state index contributed by atoms with van der Waals surface area (Å²) < 4.78 is 0. The second-order valence-electron chi connectivity index (χ2n) is 6.52. The lowest BCUT2D eigenvalue weighted by atomic mass is 9.78. The Morgan fingerprint density at radius 1 is 1.16 bits per heavy atom. The number of carboxylic acid groups (broad SMARTS) is 1. The van der Waals surface area contributed by atoms with Crippen LogP contribution in [0.2, 0.25) is 0 Å². The van der Waals surface area contributed by atoms with Crippen LogP contribution in [-0.4, -0.2) is 35.0 Å². The van der Waals surface area contributed by atoms with Crippen molar-refractivity contribution >= 4 is 11.9 Å². The molecular weight excluding hydrogens is 242 g/mol. The quantitative estimate of drug-likeness (QED) is 0.807. The van der Waals surface area contributed by atoms with Gasteiger partial charge in [0.05, 0.1) is 5.41 Å². The molecule has 0 radical (unpaired) electrons. The van der Waals surface area contributed by atoms with Gasteiger partial charge in [0.25, 0.3) is 0 Å². The van der Waals surface area contributed by atoms with Crippen molar-refractivity contribution in [2.45, 2.75) is 66.8 Å². The molecule has 112 valence electrons. The average Bonchev–Trinajstić information content (AvgIpc) is 2.32. The number of carbonyl (C=O) groups is 2. The highest BCUT2D eigenvalue weighted by Gasteiger charge is 2.39. The van der Waals surface area contributed by atoms with E-state index >= 15 is 0 Å². The summed E-state index contributed by atoms with van der Waals surface area (Å²) in [6.07, 6.45) is 1.02. The van der Waals surface area contributed by atoms with Crippen LogP contribution in [0.15, 0.2) is 0 Å². The van der Waals surface area contributed by atoms with E-state index < -0.39 is 11.4 Å². The lowest BCUT2D eigenvalue weighted by Crippen LogP contribution is -2.45. The number of rotatable bonds is 6. The zero-order valence-corrected chi connectivity index (χ0v) is 13.4. The fourth-order valence-corrected chi connectivity index (χ4v) is 2.09. The highest BCUT2D eigenvalue weighted by atomic mass is 16.4. The van der Waals surface area contributed by atoms with Gasteiger partial charge >= 0.3 is 5.97 Å². The van der Waals surface area contributed by atoms with Crippen molar-refractivity contribution in [3.05, 3.63) is 0 Å². The minimum Gasteiger partial charge on any atom is -0.481 e. The Hall–Kier alpha value is -1.06. The van der Waals surface area contributed by atoms with Crippen molar-refractivity contribution in [3.8, 4) is 0 Å². The largest absolute Gasteiger partial charge is 0.481 e. The van der Waals surface area contributed by atoms with Crippen molar-refractivity contribution < 1.29 is 14.7 Å². The maximum Gasteiger partial charge on any atom is 0.310 e. The van der Waals surface area contributed by atoms with Gasteiger partial charge in [-0.15, -0.1) is 0 Å². The Balaban J connectivity index is 4.99. The van der Waals surface area contributed by atoms with Gasteiger partial charge in [0, 0.05) is 19.5 Å². The number of hydrogen-bond acceptors (Lipinski definition) is 2. The van der Waals surface area contributed by atoms with E-state index in [4.69, 9.17) is 0 Å². The summed E-state index contributed by atoms with van der Waals surface area (Å²) in [4.78, 5) is 25.5. The molecule has 19 heavy (non-hydrogen) atoms. The smallest absolute Gasteiger partial charge is 0.310 e. The Kier molecular flexibility index (Phi) is 6.04. The zero-order valence-electron chi connectivity index (χ0n) is 13.4. The van der Waals surface area contributed by atoms with Gasteiger partial charge in [-0.1, -0.05) is 34.6 Å². The van der Waals surface area contributed by atoms with E-state index in [0.717, 1.165) is 0 Å². The summed E-state index contributed by atoms with van der Waals surface area (Å²) in [6, 6.07) is 0.0696. The minimum atomic E-state index is -0.928. The highest BCUT2D eigenvalue weighted by molar-refractivity contribution is 5.85. The molecule has 0 aromatic carbocycles. The molecule has 0 aliphatic rings. The van der Waals surface area contributed by atoms with Crippen molar-refractivity contribution in [1.82, 2.24) is 4.90 Å². The fraction of sp³-hybridized carbons (Fsp3) is 0.867.